The second-order valence-electron chi connectivity index (χ2n) is 8.61. The molecule has 0 unspecified atom stereocenters. The van der Waals surface area contributed by atoms with Gasteiger partial charge in [-0.2, -0.15) is 0 Å². The number of benzene rings is 1. The molecule has 0 amide bonds. The molecule has 3 aliphatic rings. The standard InChI is InChI=1S/C22H28O2/c1-22(2,10-11-24-14-15-6-4-3-5-7-15)18-13-19(23)21-17-9-8-16(12-17)20(18)21/h3-9,16-18,20-21H,10-14H2,1-2H3/t16-,17+,18-,20+,21-/m0/s1. The van der Waals surface area contributed by atoms with Gasteiger partial charge in [0.15, 0.2) is 0 Å². The second-order valence-corrected chi connectivity index (χ2v) is 8.61. The minimum absolute atomic E-state index is 0.171. The van der Waals surface area contributed by atoms with E-state index < -0.39 is 0 Å². The van der Waals surface area contributed by atoms with Crippen molar-refractivity contribution in [2.24, 2.45) is 35.0 Å². The molecule has 2 fully saturated rings. The van der Waals surface area contributed by atoms with Crippen LogP contribution in [0, 0.1) is 35.0 Å². The summed E-state index contributed by atoms with van der Waals surface area (Å²) in [6, 6.07) is 10.3. The van der Waals surface area contributed by atoms with Crippen LogP contribution in [0.5, 0.6) is 0 Å². The summed E-state index contributed by atoms with van der Waals surface area (Å²) in [4.78, 5) is 12.6. The molecule has 2 saturated carbocycles. The van der Waals surface area contributed by atoms with Crippen LogP contribution in [0.25, 0.3) is 0 Å². The van der Waals surface area contributed by atoms with Gasteiger partial charge >= 0.3 is 0 Å². The van der Waals surface area contributed by atoms with Gasteiger partial charge < -0.3 is 4.74 Å². The summed E-state index contributed by atoms with van der Waals surface area (Å²) in [5, 5.41) is 0. The van der Waals surface area contributed by atoms with Gasteiger partial charge in [-0.15, -0.1) is 0 Å². The maximum Gasteiger partial charge on any atom is 0.137 e. The zero-order chi connectivity index (χ0) is 16.7. The number of hydrogen-bond donors (Lipinski definition) is 0. The van der Waals surface area contributed by atoms with Crippen molar-refractivity contribution < 1.29 is 9.53 Å². The molecule has 0 aliphatic heterocycles. The van der Waals surface area contributed by atoms with Crippen molar-refractivity contribution in [1.29, 1.82) is 0 Å². The van der Waals surface area contributed by atoms with Crippen molar-refractivity contribution in [1.82, 2.24) is 0 Å². The number of fused-ring (bicyclic) bond motifs is 5. The van der Waals surface area contributed by atoms with Gasteiger partial charge in [0.05, 0.1) is 6.61 Å². The summed E-state index contributed by atoms with van der Waals surface area (Å²) in [5.41, 5.74) is 1.40. The Labute approximate surface area is 145 Å². The molecule has 1 aromatic carbocycles. The van der Waals surface area contributed by atoms with E-state index in [1.54, 1.807) is 0 Å². The molecule has 0 saturated heterocycles. The van der Waals surface area contributed by atoms with Crippen LogP contribution in [0.3, 0.4) is 0 Å². The highest BCUT2D eigenvalue weighted by atomic mass is 16.5. The molecule has 1 aromatic rings. The van der Waals surface area contributed by atoms with Crippen LogP contribution in [0.2, 0.25) is 0 Å². The van der Waals surface area contributed by atoms with E-state index >= 15 is 0 Å². The number of hydrogen-bond acceptors (Lipinski definition) is 2. The van der Waals surface area contributed by atoms with Gasteiger partial charge in [0.25, 0.3) is 0 Å². The van der Waals surface area contributed by atoms with Crippen LogP contribution in [-0.4, -0.2) is 12.4 Å². The molecular formula is C22H28O2. The Hall–Kier alpha value is -1.41. The summed E-state index contributed by atoms with van der Waals surface area (Å²) < 4.78 is 5.92. The van der Waals surface area contributed by atoms with Crippen LogP contribution in [0.15, 0.2) is 42.5 Å². The van der Waals surface area contributed by atoms with Gasteiger partial charge in [-0.3, -0.25) is 4.79 Å². The van der Waals surface area contributed by atoms with Gasteiger partial charge in [-0.1, -0.05) is 56.3 Å². The van der Waals surface area contributed by atoms with Crippen LogP contribution in [0.1, 0.15) is 38.7 Å². The Kier molecular flexibility index (Phi) is 4.12. The first-order valence-corrected chi connectivity index (χ1v) is 9.39. The molecule has 24 heavy (non-hydrogen) atoms. The monoisotopic (exact) mass is 324 g/mol. The summed E-state index contributed by atoms with van der Waals surface area (Å²) in [6.07, 6.45) is 7.73. The predicted molar refractivity (Wildman–Crippen MR) is 95.3 cm³/mol. The molecule has 2 heteroatoms. The number of ether oxygens (including phenoxy) is 1. The minimum Gasteiger partial charge on any atom is -0.377 e. The first kappa shape index (κ1) is 16.1. The molecule has 5 atom stereocenters. The van der Waals surface area contributed by atoms with E-state index in [1.807, 2.05) is 6.07 Å². The largest absolute Gasteiger partial charge is 0.377 e. The lowest BCUT2D eigenvalue weighted by molar-refractivity contribution is -0.121. The van der Waals surface area contributed by atoms with Crippen molar-refractivity contribution in [3.05, 3.63) is 48.0 Å². The molecule has 0 N–H and O–H groups in total. The number of ketones is 1. The number of Topliss-reactive ketones (excluding diaryl/α,β-unsaturated/α-hetero) is 1. The lowest BCUT2D eigenvalue weighted by Gasteiger charge is -2.37. The van der Waals surface area contributed by atoms with E-state index in [2.05, 4.69) is 50.3 Å². The van der Waals surface area contributed by atoms with Crippen molar-refractivity contribution in [2.75, 3.05) is 6.61 Å². The van der Waals surface area contributed by atoms with Crippen molar-refractivity contribution in [3.8, 4) is 0 Å². The molecular weight excluding hydrogens is 296 g/mol. The molecule has 4 rings (SSSR count). The molecule has 2 bridgehead atoms. The average Bonchev–Trinajstić information content (AvgIpc) is 3.26. The van der Waals surface area contributed by atoms with E-state index in [1.165, 1.54) is 12.0 Å². The Morgan fingerprint density at radius 3 is 2.67 bits per heavy atom. The average molecular weight is 324 g/mol. The van der Waals surface area contributed by atoms with Gasteiger partial charge in [0.1, 0.15) is 5.78 Å². The third kappa shape index (κ3) is 2.75. The third-order valence-electron chi connectivity index (χ3n) is 6.78. The topological polar surface area (TPSA) is 26.3 Å². The molecule has 128 valence electrons. The first-order valence-electron chi connectivity index (χ1n) is 9.39. The Balaban J connectivity index is 1.35. The Morgan fingerprint density at radius 1 is 1.12 bits per heavy atom. The smallest absolute Gasteiger partial charge is 0.137 e. The maximum absolute atomic E-state index is 12.6. The highest BCUT2D eigenvalue weighted by molar-refractivity contribution is 5.85. The van der Waals surface area contributed by atoms with Crippen LogP contribution < -0.4 is 0 Å². The predicted octanol–water partition coefficient (Wildman–Crippen LogP) is 4.65. The molecule has 0 aromatic heterocycles. The zero-order valence-corrected chi connectivity index (χ0v) is 14.8. The minimum atomic E-state index is 0.171. The molecule has 0 heterocycles. The molecule has 0 spiro atoms. The first-order chi connectivity index (χ1) is 11.6. The SMILES string of the molecule is CC(C)(CCOCc1ccccc1)[C@H]1CC(=O)[C@H]2[C@@H]1[C@H]1C=C[C@@H]2C1. The highest BCUT2D eigenvalue weighted by Gasteiger charge is 2.58. The van der Waals surface area contributed by atoms with Gasteiger partial charge in [0.2, 0.25) is 0 Å². The van der Waals surface area contributed by atoms with E-state index in [4.69, 9.17) is 4.74 Å². The lowest BCUT2D eigenvalue weighted by atomic mass is 9.67. The molecule has 2 nitrogen and oxygen atoms in total. The van der Waals surface area contributed by atoms with Gasteiger partial charge in [-0.25, -0.2) is 0 Å². The summed E-state index contributed by atoms with van der Waals surface area (Å²) >= 11 is 0. The fourth-order valence-electron chi connectivity index (χ4n) is 5.43. The highest BCUT2D eigenvalue weighted by Crippen LogP contribution is 2.60. The van der Waals surface area contributed by atoms with Gasteiger partial charge in [0, 0.05) is 18.9 Å². The zero-order valence-electron chi connectivity index (χ0n) is 14.8. The van der Waals surface area contributed by atoms with E-state index in [9.17, 15) is 4.79 Å². The fourth-order valence-corrected chi connectivity index (χ4v) is 5.43. The lowest BCUT2D eigenvalue weighted by Crippen LogP contribution is -2.32. The van der Waals surface area contributed by atoms with E-state index in [0.29, 0.717) is 42.0 Å². The van der Waals surface area contributed by atoms with Gasteiger partial charge in [-0.05, 0) is 47.5 Å². The Morgan fingerprint density at radius 2 is 1.88 bits per heavy atom. The third-order valence-corrected chi connectivity index (χ3v) is 6.78. The van der Waals surface area contributed by atoms with E-state index in [0.717, 1.165) is 19.4 Å². The fraction of sp³-hybridized carbons (Fsp3) is 0.591. The van der Waals surface area contributed by atoms with Crippen molar-refractivity contribution in [2.45, 2.75) is 39.7 Å². The van der Waals surface area contributed by atoms with Crippen molar-refractivity contribution in [3.63, 3.8) is 0 Å². The summed E-state index contributed by atoms with van der Waals surface area (Å²) in [5.74, 6) is 3.17. The normalized spacial score (nSPS) is 34.1. The molecule has 0 radical (unpaired) electrons. The number of carbonyl (C=O) groups excluding carboxylic acids is 1. The maximum atomic E-state index is 12.6. The van der Waals surface area contributed by atoms with E-state index in [-0.39, 0.29) is 5.41 Å². The number of allylic oxidation sites excluding steroid dienone is 2. The Bertz CT molecular complexity index is 631. The number of carbonyl (C=O) groups is 1. The number of rotatable bonds is 6. The van der Waals surface area contributed by atoms with Crippen LogP contribution in [0.4, 0.5) is 0 Å². The second kappa shape index (κ2) is 6.15. The van der Waals surface area contributed by atoms with Crippen molar-refractivity contribution >= 4 is 5.78 Å². The molecule has 3 aliphatic carbocycles. The quantitative estimate of drug-likeness (QED) is 0.562. The van der Waals surface area contributed by atoms with Crippen LogP contribution >= 0.6 is 0 Å². The summed E-state index contributed by atoms with van der Waals surface area (Å²) in [7, 11) is 0. The van der Waals surface area contributed by atoms with Crippen LogP contribution in [-0.2, 0) is 16.1 Å². The summed E-state index contributed by atoms with van der Waals surface area (Å²) in [6.45, 7) is 6.14.